The van der Waals surface area contributed by atoms with Crippen molar-refractivity contribution in [1.29, 1.82) is 0 Å². The molecule has 0 spiro atoms. The number of aromatic nitrogens is 1. The lowest BCUT2D eigenvalue weighted by Crippen LogP contribution is -2.11. The van der Waals surface area contributed by atoms with Gasteiger partial charge in [-0.05, 0) is 12.1 Å². The highest BCUT2D eigenvalue weighted by Gasteiger charge is 2.00. The molecule has 1 aromatic rings. The van der Waals surface area contributed by atoms with Crippen LogP contribution in [-0.4, -0.2) is 17.2 Å². The Morgan fingerprint density at radius 1 is 1.54 bits per heavy atom. The largest absolute Gasteiger partial charge is 0.311 e. The molecule has 0 aliphatic rings. The number of pyridine rings is 1. The summed E-state index contributed by atoms with van der Waals surface area (Å²) in [7, 11) is 0. The van der Waals surface area contributed by atoms with Crippen LogP contribution in [-0.2, 0) is 9.59 Å². The lowest BCUT2D eigenvalue weighted by molar-refractivity contribution is -0.118. The van der Waals surface area contributed by atoms with Crippen LogP contribution in [0.5, 0.6) is 0 Å². The van der Waals surface area contributed by atoms with Gasteiger partial charge in [0.05, 0.1) is 0 Å². The first kappa shape index (κ1) is 9.38. The van der Waals surface area contributed by atoms with E-state index >= 15 is 0 Å². The Hall–Kier alpha value is -1.71. The molecule has 0 saturated heterocycles. The number of rotatable bonds is 4. The maximum atomic E-state index is 11.1. The Labute approximate surface area is 76.0 Å². The molecular formula is C9H10N2O2. The molecule has 0 saturated carbocycles. The van der Waals surface area contributed by atoms with Gasteiger partial charge in [-0.25, -0.2) is 4.98 Å². The van der Waals surface area contributed by atoms with Gasteiger partial charge in [0.2, 0.25) is 5.91 Å². The normalized spacial score (nSPS) is 9.23. The minimum Gasteiger partial charge on any atom is -0.311 e. The Bertz CT molecular complexity index is 285. The van der Waals surface area contributed by atoms with Gasteiger partial charge >= 0.3 is 0 Å². The van der Waals surface area contributed by atoms with Gasteiger partial charge in [-0.2, -0.15) is 0 Å². The molecule has 0 aliphatic heterocycles. The summed E-state index contributed by atoms with van der Waals surface area (Å²) in [5.74, 6) is 0.323. The molecule has 0 fully saturated rings. The van der Waals surface area contributed by atoms with E-state index in [1.165, 1.54) is 0 Å². The van der Waals surface area contributed by atoms with Crippen LogP contribution >= 0.6 is 0 Å². The molecule has 1 rings (SSSR count). The summed E-state index contributed by atoms with van der Waals surface area (Å²) in [5, 5.41) is 2.57. The van der Waals surface area contributed by atoms with Crippen molar-refractivity contribution >= 4 is 18.0 Å². The van der Waals surface area contributed by atoms with E-state index in [1.54, 1.807) is 24.4 Å². The van der Waals surface area contributed by atoms with E-state index in [0.717, 1.165) is 6.29 Å². The van der Waals surface area contributed by atoms with Crippen LogP contribution in [0.4, 0.5) is 5.82 Å². The van der Waals surface area contributed by atoms with Crippen LogP contribution < -0.4 is 5.32 Å². The third kappa shape index (κ3) is 3.46. The predicted octanol–water partition coefficient (Wildman–Crippen LogP) is 0.999. The van der Waals surface area contributed by atoms with Gasteiger partial charge in [-0.15, -0.1) is 0 Å². The molecule has 13 heavy (non-hydrogen) atoms. The van der Waals surface area contributed by atoms with Crippen LogP contribution in [0.15, 0.2) is 24.4 Å². The van der Waals surface area contributed by atoms with Gasteiger partial charge in [-0.1, -0.05) is 6.07 Å². The SMILES string of the molecule is O=CCCC(=O)Nc1ccccn1. The van der Waals surface area contributed by atoms with E-state index in [0.29, 0.717) is 5.82 Å². The maximum absolute atomic E-state index is 11.1. The molecule has 0 aromatic carbocycles. The van der Waals surface area contributed by atoms with Crippen molar-refractivity contribution in [2.45, 2.75) is 12.8 Å². The molecule has 1 aromatic heterocycles. The van der Waals surface area contributed by atoms with E-state index in [4.69, 9.17) is 0 Å². The molecule has 0 unspecified atom stereocenters. The highest BCUT2D eigenvalue weighted by atomic mass is 16.1. The summed E-state index contributed by atoms with van der Waals surface area (Å²) in [6.07, 6.45) is 2.77. The second-order valence-electron chi connectivity index (χ2n) is 2.47. The summed E-state index contributed by atoms with van der Waals surface area (Å²) < 4.78 is 0. The van der Waals surface area contributed by atoms with Crippen molar-refractivity contribution < 1.29 is 9.59 Å². The third-order valence-electron chi connectivity index (χ3n) is 1.42. The minimum atomic E-state index is -0.189. The lowest BCUT2D eigenvalue weighted by atomic mass is 10.3. The Morgan fingerprint density at radius 3 is 3.00 bits per heavy atom. The number of carbonyl (C=O) groups excluding carboxylic acids is 2. The van der Waals surface area contributed by atoms with Crippen molar-refractivity contribution in [2.24, 2.45) is 0 Å². The fourth-order valence-electron chi connectivity index (χ4n) is 0.832. The summed E-state index contributed by atoms with van der Waals surface area (Å²) >= 11 is 0. The zero-order chi connectivity index (χ0) is 9.52. The fraction of sp³-hybridized carbons (Fsp3) is 0.222. The van der Waals surface area contributed by atoms with Crippen LogP contribution in [0.3, 0.4) is 0 Å². The van der Waals surface area contributed by atoms with Gasteiger partial charge in [0, 0.05) is 19.0 Å². The molecule has 0 radical (unpaired) electrons. The highest BCUT2D eigenvalue weighted by molar-refractivity contribution is 5.90. The predicted molar refractivity (Wildman–Crippen MR) is 48.2 cm³/mol. The summed E-state index contributed by atoms with van der Waals surface area (Å²) in [5.41, 5.74) is 0. The van der Waals surface area contributed by atoms with Gasteiger partial charge in [0.25, 0.3) is 0 Å². The summed E-state index contributed by atoms with van der Waals surface area (Å²) in [6.45, 7) is 0. The molecule has 1 heterocycles. The fourth-order valence-corrected chi connectivity index (χ4v) is 0.832. The van der Waals surface area contributed by atoms with E-state index < -0.39 is 0 Å². The zero-order valence-corrected chi connectivity index (χ0v) is 7.06. The molecule has 1 N–H and O–H groups in total. The van der Waals surface area contributed by atoms with Crippen LogP contribution in [0.25, 0.3) is 0 Å². The standard InChI is InChI=1S/C9H10N2O2/c12-7-3-5-9(13)11-8-4-1-2-6-10-8/h1-2,4,6-7H,3,5H2,(H,10,11,13). The number of aldehydes is 1. The van der Waals surface area contributed by atoms with E-state index in [-0.39, 0.29) is 18.7 Å². The smallest absolute Gasteiger partial charge is 0.225 e. The first-order valence-corrected chi connectivity index (χ1v) is 3.97. The Kier molecular flexibility index (Phi) is 3.63. The van der Waals surface area contributed by atoms with Gasteiger partial charge in [0.1, 0.15) is 12.1 Å². The Balaban J connectivity index is 2.41. The molecular weight excluding hydrogens is 168 g/mol. The second-order valence-corrected chi connectivity index (χ2v) is 2.47. The molecule has 4 nitrogen and oxygen atoms in total. The molecule has 0 aliphatic carbocycles. The topological polar surface area (TPSA) is 59.1 Å². The van der Waals surface area contributed by atoms with Crippen LogP contribution in [0.2, 0.25) is 0 Å². The summed E-state index contributed by atoms with van der Waals surface area (Å²) in [4.78, 5) is 24.9. The average Bonchev–Trinajstić information content (AvgIpc) is 2.16. The van der Waals surface area contributed by atoms with Crippen molar-refractivity contribution in [3.05, 3.63) is 24.4 Å². The number of anilines is 1. The van der Waals surface area contributed by atoms with Crippen LogP contribution in [0.1, 0.15) is 12.8 Å². The third-order valence-corrected chi connectivity index (χ3v) is 1.42. The first-order valence-electron chi connectivity index (χ1n) is 3.97. The lowest BCUT2D eigenvalue weighted by Gasteiger charge is -2.00. The van der Waals surface area contributed by atoms with Crippen molar-refractivity contribution in [1.82, 2.24) is 4.98 Å². The first-order chi connectivity index (χ1) is 6.33. The molecule has 0 bridgehead atoms. The zero-order valence-electron chi connectivity index (χ0n) is 7.06. The van der Waals surface area contributed by atoms with E-state index in [2.05, 4.69) is 10.3 Å². The van der Waals surface area contributed by atoms with E-state index in [1.807, 2.05) is 0 Å². The van der Waals surface area contributed by atoms with Crippen molar-refractivity contribution in [3.8, 4) is 0 Å². The molecule has 1 amide bonds. The number of hydrogen-bond acceptors (Lipinski definition) is 3. The number of nitrogens with one attached hydrogen (secondary N) is 1. The number of nitrogens with zero attached hydrogens (tertiary/aromatic N) is 1. The van der Waals surface area contributed by atoms with Gasteiger partial charge < -0.3 is 10.1 Å². The number of carbonyl (C=O) groups is 2. The molecule has 0 atom stereocenters. The minimum absolute atomic E-state index is 0.189. The quantitative estimate of drug-likeness (QED) is 0.699. The molecule has 68 valence electrons. The van der Waals surface area contributed by atoms with Crippen LogP contribution in [0, 0.1) is 0 Å². The van der Waals surface area contributed by atoms with E-state index in [9.17, 15) is 9.59 Å². The number of hydrogen-bond donors (Lipinski definition) is 1. The van der Waals surface area contributed by atoms with Crippen molar-refractivity contribution in [2.75, 3.05) is 5.32 Å². The maximum Gasteiger partial charge on any atom is 0.225 e. The Morgan fingerprint density at radius 2 is 2.38 bits per heavy atom. The van der Waals surface area contributed by atoms with Gasteiger partial charge in [0.15, 0.2) is 0 Å². The average molecular weight is 178 g/mol. The number of amides is 1. The molecule has 4 heteroatoms. The summed E-state index contributed by atoms with van der Waals surface area (Å²) in [6, 6.07) is 5.24. The van der Waals surface area contributed by atoms with Gasteiger partial charge in [-0.3, -0.25) is 4.79 Å². The van der Waals surface area contributed by atoms with Crippen molar-refractivity contribution in [3.63, 3.8) is 0 Å². The monoisotopic (exact) mass is 178 g/mol. The highest BCUT2D eigenvalue weighted by Crippen LogP contribution is 2.00. The second kappa shape index (κ2) is 5.03.